The Morgan fingerprint density at radius 3 is 2.80 bits per heavy atom. The highest BCUT2D eigenvalue weighted by Gasteiger charge is 2.23. The molecule has 0 aliphatic carbocycles. The van der Waals surface area contributed by atoms with Crippen LogP contribution in [-0.4, -0.2) is 36.7 Å². The molecular weight excluding hydrogens is 320 g/mol. The first-order chi connectivity index (χ1) is 9.60. The zero-order chi connectivity index (χ0) is 14.5. The van der Waals surface area contributed by atoms with Gasteiger partial charge in [0.1, 0.15) is 0 Å². The van der Waals surface area contributed by atoms with E-state index in [9.17, 15) is 4.79 Å². The number of aryl methyl sites for hydroxylation is 1. The highest BCUT2D eigenvalue weighted by Crippen LogP contribution is 2.23. The minimum absolute atomic E-state index is 0.190. The Hall–Kier alpha value is -1.23. The summed E-state index contributed by atoms with van der Waals surface area (Å²) in [7, 11) is 0. The molecule has 1 saturated heterocycles. The first-order valence-corrected chi connectivity index (χ1v) is 7.84. The fraction of sp³-hybridized carbons (Fsp3) is 0.533. The number of nitrogens with one attached hydrogen (secondary N) is 1. The quantitative estimate of drug-likeness (QED) is 0.909. The third-order valence-electron chi connectivity index (χ3n) is 3.58. The second kappa shape index (κ2) is 6.97. The molecule has 0 saturated carbocycles. The van der Waals surface area contributed by atoms with Crippen molar-refractivity contribution in [2.24, 2.45) is 0 Å². The first kappa shape index (κ1) is 15.2. The zero-order valence-corrected chi connectivity index (χ0v) is 13.6. The Morgan fingerprint density at radius 1 is 1.45 bits per heavy atom. The van der Waals surface area contributed by atoms with Crippen LogP contribution in [0.1, 0.15) is 25.3 Å². The van der Waals surface area contributed by atoms with Crippen LogP contribution in [0.5, 0.6) is 0 Å². The summed E-state index contributed by atoms with van der Waals surface area (Å²) in [5, 5.41) is 3.57. The number of carbonyl (C=O) groups excluding carboxylic acids is 1. The summed E-state index contributed by atoms with van der Waals surface area (Å²) in [6.45, 7) is 5.88. The van der Waals surface area contributed by atoms with Gasteiger partial charge in [-0.1, -0.05) is 22.0 Å². The van der Waals surface area contributed by atoms with Crippen LogP contribution in [0.4, 0.5) is 10.5 Å². The molecule has 1 aliphatic heterocycles. The summed E-state index contributed by atoms with van der Waals surface area (Å²) in [4.78, 5) is 13.4. The lowest BCUT2D eigenvalue weighted by Crippen LogP contribution is -2.42. The normalized spacial score (nSPS) is 16.1. The van der Waals surface area contributed by atoms with Gasteiger partial charge in [-0.25, -0.2) is 4.79 Å². The van der Waals surface area contributed by atoms with Crippen LogP contribution in [-0.2, 0) is 4.74 Å². The smallest absolute Gasteiger partial charge is 0.409 e. The number of hydrogen-bond donors (Lipinski definition) is 1. The molecule has 1 aromatic rings. The molecule has 0 unspecified atom stereocenters. The number of nitrogens with zero attached hydrogens (tertiary/aromatic N) is 1. The number of benzene rings is 1. The van der Waals surface area contributed by atoms with Gasteiger partial charge in [-0.05, 0) is 44.4 Å². The van der Waals surface area contributed by atoms with Crippen LogP contribution in [0.15, 0.2) is 22.7 Å². The molecule has 1 aromatic carbocycles. The van der Waals surface area contributed by atoms with Gasteiger partial charge in [0.25, 0.3) is 0 Å². The molecule has 110 valence electrons. The van der Waals surface area contributed by atoms with Crippen LogP contribution < -0.4 is 5.32 Å². The van der Waals surface area contributed by atoms with E-state index in [-0.39, 0.29) is 6.09 Å². The fourth-order valence-corrected chi connectivity index (χ4v) is 2.75. The Labute approximate surface area is 128 Å². The van der Waals surface area contributed by atoms with Gasteiger partial charge in [0.05, 0.1) is 6.61 Å². The maximum atomic E-state index is 11.6. The van der Waals surface area contributed by atoms with Gasteiger partial charge < -0.3 is 15.0 Å². The number of amides is 1. The molecule has 0 bridgehead atoms. The lowest BCUT2D eigenvalue weighted by molar-refractivity contribution is 0.0983. The molecule has 0 atom stereocenters. The SMILES string of the molecule is CCOC(=O)N1CCC(Nc2cc(Br)ccc2C)CC1. The van der Waals surface area contributed by atoms with Gasteiger partial charge in [0.15, 0.2) is 0 Å². The molecule has 4 nitrogen and oxygen atoms in total. The van der Waals surface area contributed by atoms with Crippen molar-refractivity contribution in [2.75, 3.05) is 25.0 Å². The lowest BCUT2D eigenvalue weighted by atomic mass is 10.0. The third-order valence-corrected chi connectivity index (χ3v) is 4.07. The third kappa shape index (κ3) is 3.88. The van der Waals surface area contributed by atoms with Crippen molar-refractivity contribution in [2.45, 2.75) is 32.7 Å². The van der Waals surface area contributed by atoms with E-state index >= 15 is 0 Å². The molecule has 1 fully saturated rings. The average Bonchev–Trinajstić information content (AvgIpc) is 2.44. The number of piperidine rings is 1. The maximum Gasteiger partial charge on any atom is 0.409 e. The van der Waals surface area contributed by atoms with Gasteiger partial charge in [-0.3, -0.25) is 0 Å². The Morgan fingerprint density at radius 2 is 2.15 bits per heavy atom. The molecule has 0 aromatic heterocycles. The predicted octanol–water partition coefficient (Wildman–Crippen LogP) is 3.79. The van der Waals surface area contributed by atoms with Crippen LogP contribution in [0.25, 0.3) is 0 Å². The van der Waals surface area contributed by atoms with E-state index in [1.54, 1.807) is 4.90 Å². The molecular formula is C15H21BrN2O2. The molecule has 5 heteroatoms. The lowest BCUT2D eigenvalue weighted by Gasteiger charge is -2.32. The summed E-state index contributed by atoms with van der Waals surface area (Å²) >= 11 is 3.50. The molecule has 1 N–H and O–H groups in total. The zero-order valence-electron chi connectivity index (χ0n) is 12.0. The van der Waals surface area contributed by atoms with E-state index in [1.165, 1.54) is 5.56 Å². The van der Waals surface area contributed by atoms with E-state index in [2.05, 4.69) is 40.3 Å². The largest absolute Gasteiger partial charge is 0.450 e. The molecule has 1 aliphatic rings. The van der Waals surface area contributed by atoms with E-state index in [0.29, 0.717) is 12.6 Å². The van der Waals surface area contributed by atoms with E-state index < -0.39 is 0 Å². The van der Waals surface area contributed by atoms with Crippen molar-refractivity contribution in [3.8, 4) is 0 Å². The Balaban J connectivity index is 1.88. The van der Waals surface area contributed by atoms with E-state index in [1.807, 2.05) is 13.0 Å². The first-order valence-electron chi connectivity index (χ1n) is 7.04. The minimum Gasteiger partial charge on any atom is -0.450 e. The van der Waals surface area contributed by atoms with Crippen molar-refractivity contribution in [1.29, 1.82) is 0 Å². The van der Waals surface area contributed by atoms with Crippen LogP contribution in [0.2, 0.25) is 0 Å². The van der Waals surface area contributed by atoms with Crippen molar-refractivity contribution < 1.29 is 9.53 Å². The van der Waals surface area contributed by atoms with Crippen molar-refractivity contribution >= 4 is 27.7 Å². The molecule has 20 heavy (non-hydrogen) atoms. The van der Waals surface area contributed by atoms with Crippen molar-refractivity contribution in [1.82, 2.24) is 4.90 Å². The predicted molar refractivity (Wildman–Crippen MR) is 84.1 cm³/mol. The second-order valence-corrected chi connectivity index (χ2v) is 5.98. The monoisotopic (exact) mass is 340 g/mol. The highest BCUT2D eigenvalue weighted by atomic mass is 79.9. The molecule has 1 heterocycles. The number of rotatable bonds is 3. The van der Waals surface area contributed by atoms with Crippen LogP contribution in [0.3, 0.4) is 0 Å². The summed E-state index contributed by atoms with van der Waals surface area (Å²) in [5.74, 6) is 0. The van der Waals surface area contributed by atoms with Crippen molar-refractivity contribution in [3.63, 3.8) is 0 Å². The van der Waals surface area contributed by atoms with Crippen LogP contribution in [0, 0.1) is 6.92 Å². The van der Waals surface area contributed by atoms with Gasteiger partial charge in [-0.2, -0.15) is 0 Å². The summed E-state index contributed by atoms with van der Waals surface area (Å²) < 4.78 is 6.11. The van der Waals surface area contributed by atoms with Gasteiger partial charge in [0.2, 0.25) is 0 Å². The molecule has 2 rings (SSSR count). The maximum absolute atomic E-state index is 11.6. The number of halogens is 1. The molecule has 1 amide bonds. The standard InChI is InChI=1S/C15H21BrN2O2/c1-3-20-15(19)18-8-6-13(7-9-18)17-14-10-12(16)5-4-11(14)2/h4-5,10,13,17H,3,6-9H2,1-2H3. The number of likely N-dealkylation sites (tertiary alicyclic amines) is 1. The van der Waals surface area contributed by atoms with E-state index in [0.717, 1.165) is 36.1 Å². The highest BCUT2D eigenvalue weighted by molar-refractivity contribution is 9.10. The summed E-state index contributed by atoms with van der Waals surface area (Å²) in [6.07, 6.45) is 1.71. The Bertz CT molecular complexity index is 471. The van der Waals surface area contributed by atoms with Crippen LogP contribution >= 0.6 is 15.9 Å². The number of hydrogen-bond acceptors (Lipinski definition) is 3. The average molecular weight is 341 g/mol. The van der Waals surface area contributed by atoms with Gasteiger partial charge in [0, 0.05) is 29.3 Å². The number of anilines is 1. The van der Waals surface area contributed by atoms with Crippen molar-refractivity contribution in [3.05, 3.63) is 28.2 Å². The van der Waals surface area contributed by atoms with E-state index in [4.69, 9.17) is 4.74 Å². The minimum atomic E-state index is -0.190. The van der Waals surface area contributed by atoms with Gasteiger partial charge in [-0.15, -0.1) is 0 Å². The molecule has 0 radical (unpaired) electrons. The Kier molecular flexibility index (Phi) is 5.29. The topological polar surface area (TPSA) is 41.6 Å². The van der Waals surface area contributed by atoms with Gasteiger partial charge >= 0.3 is 6.09 Å². The summed E-state index contributed by atoms with van der Waals surface area (Å²) in [6, 6.07) is 6.66. The molecule has 0 spiro atoms. The fourth-order valence-electron chi connectivity index (χ4n) is 2.39. The summed E-state index contributed by atoms with van der Waals surface area (Å²) in [5.41, 5.74) is 2.40. The second-order valence-electron chi connectivity index (χ2n) is 5.06. The number of ether oxygens (including phenoxy) is 1. The number of carbonyl (C=O) groups is 1.